The third-order valence-electron chi connectivity index (χ3n) is 3.96. The van der Waals surface area contributed by atoms with E-state index in [0.717, 1.165) is 5.56 Å². The van der Waals surface area contributed by atoms with Crippen LogP contribution in [0.1, 0.15) is 15.9 Å². The highest BCUT2D eigenvalue weighted by Gasteiger charge is 2.13. The Morgan fingerprint density at radius 1 is 1.08 bits per heavy atom. The summed E-state index contributed by atoms with van der Waals surface area (Å²) in [5.74, 6) is 0.150. The average molecular weight is 345 g/mol. The molecule has 128 valence electrons. The first-order chi connectivity index (χ1) is 12.7. The van der Waals surface area contributed by atoms with E-state index in [1.807, 2.05) is 12.1 Å². The van der Waals surface area contributed by atoms with Crippen LogP contribution >= 0.6 is 0 Å². The molecule has 0 saturated heterocycles. The van der Waals surface area contributed by atoms with E-state index in [4.69, 9.17) is 4.42 Å². The molecule has 1 amide bonds. The average Bonchev–Trinajstić information content (AvgIpc) is 3.12. The fourth-order valence-corrected chi connectivity index (χ4v) is 2.70. The number of anilines is 1. The molecule has 2 heterocycles. The molecule has 4 aromatic rings. The van der Waals surface area contributed by atoms with Gasteiger partial charge >= 0.3 is 0 Å². The van der Waals surface area contributed by atoms with Gasteiger partial charge in [0.15, 0.2) is 11.2 Å². The van der Waals surface area contributed by atoms with Crippen molar-refractivity contribution in [3.05, 3.63) is 78.0 Å². The molecule has 0 unspecified atom stereocenters. The molecule has 6 nitrogen and oxygen atoms in total. The van der Waals surface area contributed by atoms with Gasteiger partial charge in [-0.25, -0.2) is 4.98 Å². The lowest BCUT2D eigenvalue weighted by Crippen LogP contribution is -2.14. The van der Waals surface area contributed by atoms with E-state index in [1.54, 1.807) is 54.7 Å². The second-order valence-corrected chi connectivity index (χ2v) is 5.69. The van der Waals surface area contributed by atoms with Gasteiger partial charge in [0.2, 0.25) is 5.89 Å². The second kappa shape index (κ2) is 6.78. The van der Waals surface area contributed by atoms with Crippen LogP contribution in [0.15, 0.2) is 71.3 Å². The van der Waals surface area contributed by atoms with E-state index < -0.39 is 0 Å². The fraction of sp³-hybridized carbons (Fsp3) is 0.0500. The van der Waals surface area contributed by atoms with E-state index in [0.29, 0.717) is 33.9 Å². The second-order valence-electron chi connectivity index (χ2n) is 5.69. The highest BCUT2D eigenvalue weighted by molar-refractivity contribution is 6.05. The minimum Gasteiger partial charge on any atom is -0.434 e. The Morgan fingerprint density at radius 2 is 1.96 bits per heavy atom. The molecule has 26 heavy (non-hydrogen) atoms. The largest absolute Gasteiger partial charge is 0.434 e. The molecule has 4 rings (SSSR count). The number of aliphatic hydroxyl groups is 1. The molecule has 0 saturated carbocycles. The van der Waals surface area contributed by atoms with Crippen molar-refractivity contribution in [2.75, 3.05) is 5.32 Å². The van der Waals surface area contributed by atoms with Gasteiger partial charge < -0.3 is 14.8 Å². The van der Waals surface area contributed by atoms with Gasteiger partial charge in [0, 0.05) is 23.0 Å². The summed E-state index contributed by atoms with van der Waals surface area (Å²) in [5.41, 5.74) is 3.49. The minimum absolute atomic E-state index is 0.195. The van der Waals surface area contributed by atoms with E-state index >= 15 is 0 Å². The third-order valence-corrected chi connectivity index (χ3v) is 3.96. The zero-order chi connectivity index (χ0) is 17.9. The number of hydrogen-bond donors (Lipinski definition) is 2. The van der Waals surface area contributed by atoms with Crippen LogP contribution in [0, 0.1) is 0 Å². The number of carbonyl (C=O) groups excluding carboxylic acids is 1. The van der Waals surface area contributed by atoms with Crippen molar-refractivity contribution in [3.63, 3.8) is 0 Å². The van der Waals surface area contributed by atoms with Crippen LogP contribution in [0.5, 0.6) is 0 Å². The molecule has 0 aliphatic rings. The number of carbonyl (C=O) groups is 1. The van der Waals surface area contributed by atoms with Crippen molar-refractivity contribution >= 4 is 22.8 Å². The van der Waals surface area contributed by atoms with Crippen molar-refractivity contribution in [3.8, 4) is 11.5 Å². The Hall–Kier alpha value is -3.51. The Bertz CT molecular complexity index is 1060. The van der Waals surface area contributed by atoms with Gasteiger partial charge in [0.25, 0.3) is 5.91 Å². The summed E-state index contributed by atoms with van der Waals surface area (Å²) < 4.78 is 5.72. The Kier molecular flexibility index (Phi) is 4.17. The third kappa shape index (κ3) is 3.05. The molecular weight excluding hydrogens is 330 g/mol. The molecule has 0 atom stereocenters. The summed E-state index contributed by atoms with van der Waals surface area (Å²) in [6.07, 6.45) is 1.66. The van der Waals surface area contributed by atoms with Crippen LogP contribution in [0.3, 0.4) is 0 Å². The van der Waals surface area contributed by atoms with Crippen molar-refractivity contribution in [2.24, 2.45) is 0 Å². The molecule has 0 bridgehead atoms. The molecule has 0 radical (unpaired) electrons. The zero-order valence-electron chi connectivity index (χ0n) is 13.7. The van der Waals surface area contributed by atoms with Gasteiger partial charge in [0.1, 0.15) is 0 Å². The van der Waals surface area contributed by atoms with Crippen LogP contribution < -0.4 is 5.32 Å². The quantitative estimate of drug-likeness (QED) is 0.589. The number of nitrogens with one attached hydrogen (secondary N) is 1. The smallest absolute Gasteiger partial charge is 0.256 e. The summed E-state index contributed by atoms with van der Waals surface area (Å²) in [6, 6.07) is 17.7. The van der Waals surface area contributed by atoms with Gasteiger partial charge in [0.05, 0.1) is 6.61 Å². The number of nitrogens with zero attached hydrogens (tertiary/aromatic N) is 2. The number of benzene rings is 2. The van der Waals surface area contributed by atoms with Gasteiger partial charge in [-0.1, -0.05) is 24.3 Å². The van der Waals surface area contributed by atoms with Crippen LogP contribution in [-0.4, -0.2) is 21.0 Å². The lowest BCUT2D eigenvalue weighted by molar-refractivity contribution is 0.102. The molecule has 6 heteroatoms. The first-order valence-corrected chi connectivity index (χ1v) is 8.07. The highest BCUT2D eigenvalue weighted by atomic mass is 16.3. The number of aliphatic hydroxyl groups excluding tert-OH is 1. The maximum absolute atomic E-state index is 12.5. The van der Waals surface area contributed by atoms with E-state index in [2.05, 4.69) is 15.3 Å². The zero-order valence-corrected chi connectivity index (χ0v) is 13.7. The molecular formula is C20H15N3O3. The van der Waals surface area contributed by atoms with Crippen molar-refractivity contribution in [1.29, 1.82) is 0 Å². The number of rotatable bonds is 4. The summed E-state index contributed by atoms with van der Waals surface area (Å²) in [7, 11) is 0. The van der Waals surface area contributed by atoms with Gasteiger partial charge in [-0.15, -0.1) is 0 Å². The number of hydrogen-bond acceptors (Lipinski definition) is 5. The van der Waals surface area contributed by atoms with Crippen LogP contribution in [0.25, 0.3) is 22.7 Å². The van der Waals surface area contributed by atoms with E-state index in [1.165, 1.54) is 0 Å². The number of amides is 1. The predicted octanol–water partition coefficient (Wildman–Crippen LogP) is 3.63. The van der Waals surface area contributed by atoms with Crippen molar-refractivity contribution in [2.45, 2.75) is 6.61 Å². The Morgan fingerprint density at radius 3 is 2.81 bits per heavy atom. The molecule has 0 fully saturated rings. The molecule has 2 N–H and O–H groups in total. The van der Waals surface area contributed by atoms with Crippen molar-refractivity contribution < 1.29 is 14.3 Å². The van der Waals surface area contributed by atoms with E-state index in [-0.39, 0.29) is 12.5 Å². The van der Waals surface area contributed by atoms with Crippen molar-refractivity contribution in [1.82, 2.24) is 9.97 Å². The molecule has 0 aliphatic carbocycles. The first kappa shape index (κ1) is 16.0. The van der Waals surface area contributed by atoms with E-state index in [9.17, 15) is 9.90 Å². The Labute approximate surface area is 149 Å². The van der Waals surface area contributed by atoms with Gasteiger partial charge in [-0.2, -0.15) is 4.98 Å². The minimum atomic E-state index is -0.286. The highest BCUT2D eigenvalue weighted by Crippen LogP contribution is 2.25. The molecule has 2 aromatic carbocycles. The van der Waals surface area contributed by atoms with Crippen LogP contribution in [0.4, 0.5) is 5.69 Å². The first-order valence-electron chi connectivity index (χ1n) is 8.07. The maximum Gasteiger partial charge on any atom is 0.256 e. The van der Waals surface area contributed by atoms with Crippen LogP contribution in [-0.2, 0) is 6.61 Å². The number of oxazole rings is 1. The number of fused-ring (bicyclic) bond motifs is 1. The SMILES string of the molecule is O=C(Nc1cccc(-c2nc3ncccc3o2)c1)c1ccccc1CO. The molecule has 0 aliphatic heterocycles. The summed E-state index contributed by atoms with van der Waals surface area (Å²) in [6.45, 7) is -0.195. The van der Waals surface area contributed by atoms with Gasteiger partial charge in [-0.05, 0) is 42.0 Å². The number of aromatic nitrogens is 2. The monoisotopic (exact) mass is 345 g/mol. The fourth-order valence-electron chi connectivity index (χ4n) is 2.70. The summed E-state index contributed by atoms with van der Waals surface area (Å²) in [5, 5.41) is 12.2. The van der Waals surface area contributed by atoms with Crippen LogP contribution in [0.2, 0.25) is 0 Å². The predicted molar refractivity (Wildman–Crippen MR) is 97.6 cm³/mol. The standard InChI is InChI=1S/C20H15N3O3/c24-12-14-5-1-2-8-16(14)19(25)22-15-7-3-6-13(11-15)20-23-18-17(26-20)9-4-10-21-18/h1-11,24H,12H2,(H,22,25). The van der Waals surface area contributed by atoms with Gasteiger partial charge in [-0.3, -0.25) is 4.79 Å². The lowest BCUT2D eigenvalue weighted by atomic mass is 10.1. The summed E-state index contributed by atoms with van der Waals surface area (Å²) in [4.78, 5) is 21.0. The lowest BCUT2D eigenvalue weighted by Gasteiger charge is -2.09. The summed E-state index contributed by atoms with van der Waals surface area (Å²) >= 11 is 0. The Balaban J connectivity index is 1.62. The number of pyridine rings is 1. The molecule has 2 aromatic heterocycles. The normalized spacial score (nSPS) is 10.8. The molecule has 0 spiro atoms. The topological polar surface area (TPSA) is 88.3 Å². The maximum atomic E-state index is 12.5.